The minimum Gasteiger partial charge on any atom is -0.447 e. The summed E-state index contributed by atoms with van der Waals surface area (Å²) >= 11 is 5.94. The van der Waals surface area contributed by atoms with Gasteiger partial charge in [0, 0.05) is 29.8 Å². The lowest BCUT2D eigenvalue weighted by molar-refractivity contribution is -0.114. The maximum atomic E-state index is 14.6. The monoisotopic (exact) mass is 590 g/mol. The summed E-state index contributed by atoms with van der Waals surface area (Å²) < 4.78 is 34.8. The Labute approximate surface area is 248 Å². The first-order chi connectivity index (χ1) is 20.4. The zero-order chi connectivity index (χ0) is 28.8. The van der Waals surface area contributed by atoms with Crippen molar-refractivity contribution in [3.63, 3.8) is 0 Å². The van der Waals surface area contributed by atoms with E-state index >= 15 is 0 Å². The van der Waals surface area contributed by atoms with E-state index in [1.54, 1.807) is 12.1 Å². The summed E-state index contributed by atoms with van der Waals surface area (Å²) in [6.07, 6.45) is 2.33. The van der Waals surface area contributed by atoms with E-state index in [4.69, 9.17) is 30.8 Å². The van der Waals surface area contributed by atoms with E-state index in [0.717, 1.165) is 80.2 Å². The van der Waals surface area contributed by atoms with Crippen molar-refractivity contribution in [2.75, 3.05) is 25.0 Å². The van der Waals surface area contributed by atoms with Gasteiger partial charge in [-0.05, 0) is 80.7 Å². The molecule has 2 fully saturated rings. The molecule has 218 valence electrons. The quantitative estimate of drug-likeness (QED) is 0.267. The van der Waals surface area contributed by atoms with Gasteiger partial charge >= 0.3 is 0 Å². The number of rotatable bonds is 7. The van der Waals surface area contributed by atoms with E-state index in [0.29, 0.717) is 28.0 Å². The Morgan fingerprint density at radius 2 is 1.90 bits per heavy atom. The number of anilines is 1. The molecule has 42 heavy (non-hydrogen) atoms. The number of amides is 1. The van der Waals surface area contributed by atoms with Crippen LogP contribution in [0.5, 0.6) is 11.5 Å². The number of para-hydroxylation sites is 1. The molecule has 3 aliphatic heterocycles. The first kappa shape index (κ1) is 27.2. The van der Waals surface area contributed by atoms with Gasteiger partial charge in [0.25, 0.3) is 6.29 Å². The van der Waals surface area contributed by atoms with Crippen LogP contribution in [0.2, 0.25) is 5.02 Å². The lowest BCUT2D eigenvalue weighted by Gasteiger charge is -2.33. The average Bonchev–Trinajstić information content (AvgIpc) is 3.51. The number of halogens is 2. The maximum Gasteiger partial charge on any atom is 0.270 e. The highest BCUT2D eigenvalue weighted by Crippen LogP contribution is 2.47. The van der Waals surface area contributed by atoms with Gasteiger partial charge in [0.05, 0.1) is 35.8 Å². The molecule has 8 nitrogen and oxygen atoms in total. The molecule has 1 N–H and O–H groups in total. The number of fused-ring (bicyclic) bond motifs is 2. The van der Waals surface area contributed by atoms with Crippen LogP contribution in [0.3, 0.4) is 0 Å². The van der Waals surface area contributed by atoms with Crippen molar-refractivity contribution in [2.24, 2.45) is 0 Å². The number of hydrogen-bond acceptors (Lipinski definition) is 6. The first-order valence-electron chi connectivity index (χ1n) is 14.4. The van der Waals surface area contributed by atoms with Crippen LogP contribution >= 0.6 is 11.6 Å². The van der Waals surface area contributed by atoms with Crippen LogP contribution in [0.4, 0.5) is 10.1 Å². The van der Waals surface area contributed by atoms with E-state index in [1.165, 1.54) is 13.0 Å². The lowest BCUT2D eigenvalue weighted by atomic mass is 9.88. The summed E-state index contributed by atoms with van der Waals surface area (Å²) in [6.45, 7) is 5.63. The molecule has 7 rings (SSSR count). The molecule has 4 aromatic rings. The van der Waals surface area contributed by atoms with Crippen LogP contribution < -0.4 is 14.8 Å². The molecule has 0 bridgehead atoms. The fourth-order valence-corrected chi connectivity index (χ4v) is 6.32. The SMILES string of the molecule is CC(=O)Nc1ccc2c(c1)nc(CN1CCC(c3cccc4c3O[C@@H](c3ccc(Cl)cc3F)O4)CC1)n2C[C@@H]1CCO1. The van der Waals surface area contributed by atoms with Gasteiger partial charge < -0.3 is 24.1 Å². The van der Waals surface area contributed by atoms with Crippen molar-refractivity contribution in [3.05, 3.63) is 82.4 Å². The number of ether oxygens (including phenoxy) is 3. The largest absolute Gasteiger partial charge is 0.447 e. The number of aromatic nitrogens is 2. The van der Waals surface area contributed by atoms with Crippen molar-refractivity contribution < 1.29 is 23.4 Å². The van der Waals surface area contributed by atoms with E-state index in [9.17, 15) is 9.18 Å². The molecular weight excluding hydrogens is 559 g/mol. The Bertz CT molecular complexity index is 1650. The number of imidazole rings is 1. The number of nitrogens with one attached hydrogen (secondary N) is 1. The molecule has 0 saturated carbocycles. The minimum absolute atomic E-state index is 0.103. The van der Waals surface area contributed by atoms with Crippen molar-refractivity contribution >= 4 is 34.2 Å². The summed E-state index contributed by atoms with van der Waals surface area (Å²) in [7, 11) is 0. The molecule has 0 spiro atoms. The Morgan fingerprint density at radius 1 is 1.07 bits per heavy atom. The predicted molar refractivity (Wildman–Crippen MR) is 157 cm³/mol. The molecule has 0 aliphatic carbocycles. The van der Waals surface area contributed by atoms with Gasteiger partial charge in [-0.2, -0.15) is 0 Å². The summed E-state index contributed by atoms with van der Waals surface area (Å²) in [5, 5.41) is 3.19. The summed E-state index contributed by atoms with van der Waals surface area (Å²) in [4.78, 5) is 19.0. The fourth-order valence-electron chi connectivity index (χ4n) is 6.16. The van der Waals surface area contributed by atoms with Crippen molar-refractivity contribution in [1.82, 2.24) is 14.5 Å². The zero-order valence-corrected chi connectivity index (χ0v) is 24.1. The smallest absolute Gasteiger partial charge is 0.270 e. The normalized spacial score (nSPS) is 20.5. The Balaban J connectivity index is 1.06. The van der Waals surface area contributed by atoms with Gasteiger partial charge in [-0.25, -0.2) is 9.37 Å². The van der Waals surface area contributed by atoms with Gasteiger partial charge in [-0.3, -0.25) is 9.69 Å². The minimum atomic E-state index is -0.836. The maximum absolute atomic E-state index is 14.6. The average molecular weight is 591 g/mol. The molecule has 3 aromatic carbocycles. The van der Waals surface area contributed by atoms with E-state index in [-0.39, 0.29) is 12.0 Å². The molecule has 3 aliphatic rings. The third kappa shape index (κ3) is 5.32. The molecule has 2 saturated heterocycles. The van der Waals surface area contributed by atoms with E-state index < -0.39 is 12.1 Å². The standard InChI is InChI=1S/C32H32ClFN4O4/c1-19(39)35-22-6-8-28-27(16-22)36-30(38(28)17-23-11-14-40-23)18-37-12-9-20(10-13-37)24-3-2-4-29-31(24)42-32(41-29)25-7-5-21(33)15-26(25)34/h2-8,15-16,20,23,32H,9-14,17-18H2,1H3,(H,35,39)/t23-,32-/m0/s1. The Hall–Kier alpha value is -3.66. The van der Waals surface area contributed by atoms with Crippen molar-refractivity contribution in [1.29, 1.82) is 0 Å². The molecule has 1 aromatic heterocycles. The van der Waals surface area contributed by atoms with Gasteiger partial charge in [-0.15, -0.1) is 0 Å². The summed E-state index contributed by atoms with van der Waals surface area (Å²) in [5.41, 5.74) is 4.09. The predicted octanol–water partition coefficient (Wildman–Crippen LogP) is 6.43. The van der Waals surface area contributed by atoms with Gasteiger partial charge in [0.1, 0.15) is 11.6 Å². The highest BCUT2D eigenvalue weighted by Gasteiger charge is 2.33. The lowest BCUT2D eigenvalue weighted by Crippen LogP contribution is -2.35. The number of benzene rings is 3. The number of carbonyl (C=O) groups excluding carboxylic acids is 1. The number of piperidine rings is 1. The second-order valence-corrected chi connectivity index (χ2v) is 11.7. The van der Waals surface area contributed by atoms with Crippen LogP contribution in [-0.4, -0.2) is 46.2 Å². The fraction of sp³-hybridized carbons (Fsp3) is 0.375. The number of nitrogens with zero attached hydrogens (tertiary/aromatic N) is 3. The molecule has 10 heteroatoms. The van der Waals surface area contributed by atoms with E-state index in [1.807, 2.05) is 30.3 Å². The molecule has 4 heterocycles. The number of likely N-dealkylation sites (tertiary alicyclic amines) is 1. The second kappa shape index (κ2) is 11.2. The third-order valence-corrected chi connectivity index (χ3v) is 8.64. The van der Waals surface area contributed by atoms with E-state index in [2.05, 4.69) is 20.9 Å². The summed E-state index contributed by atoms with van der Waals surface area (Å²) in [5.74, 6) is 2.09. The molecule has 0 radical (unpaired) electrons. The Kier molecular flexibility index (Phi) is 7.25. The third-order valence-electron chi connectivity index (χ3n) is 8.40. The molecule has 0 unspecified atom stereocenters. The Morgan fingerprint density at radius 3 is 2.64 bits per heavy atom. The summed E-state index contributed by atoms with van der Waals surface area (Å²) in [6, 6.07) is 16.4. The van der Waals surface area contributed by atoms with Crippen molar-refractivity contribution in [2.45, 2.75) is 57.6 Å². The van der Waals surface area contributed by atoms with Crippen molar-refractivity contribution in [3.8, 4) is 11.5 Å². The van der Waals surface area contributed by atoms with Crippen LogP contribution in [0.1, 0.15) is 55.3 Å². The molecule has 1 amide bonds. The van der Waals surface area contributed by atoms with Crippen LogP contribution in [-0.2, 0) is 22.6 Å². The topological polar surface area (TPSA) is 77.9 Å². The second-order valence-electron chi connectivity index (χ2n) is 11.3. The number of carbonyl (C=O) groups is 1. The molecular formula is C32H32ClFN4O4. The van der Waals surface area contributed by atoms with Crippen LogP contribution in [0, 0.1) is 5.82 Å². The van der Waals surface area contributed by atoms with Crippen LogP contribution in [0.15, 0.2) is 54.6 Å². The highest BCUT2D eigenvalue weighted by molar-refractivity contribution is 6.30. The van der Waals surface area contributed by atoms with Crippen LogP contribution in [0.25, 0.3) is 11.0 Å². The van der Waals surface area contributed by atoms with Gasteiger partial charge in [-0.1, -0.05) is 23.7 Å². The van der Waals surface area contributed by atoms with Gasteiger partial charge in [0.2, 0.25) is 5.91 Å². The van der Waals surface area contributed by atoms with Gasteiger partial charge in [0.15, 0.2) is 11.5 Å². The first-order valence-corrected chi connectivity index (χ1v) is 14.8. The highest BCUT2D eigenvalue weighted by atomic mass is 35.5. The number of hydrogen-bond donors (Lipinski definition) is 1. The molecule has 2 atom stereocenters. The zero-order valence-electron chi connectivity index (χ0n) is 23.3.